The molecule has 0 nitrogen and oxygen atoms in total. The van der Waals surface area contributed by atoms with Crippen LogP contribution < -0.4 is 37.2 Å². The maximum Gasteiger partial charge on any atom is -1.00 e. The first-order valence-electron chi connectivity index (χ1n) is 6.34. The molecule has 2 aliphatic carbocycles. The van der Waals surface area contributed by atoms with Crippen molar-refractivity contribution in [2.75, 3.05) is 0 Å². The van der Waals surface area contributed by atoms with Gasteiger partial charge in [0.2, 0.25) is 0 Å². The molecule has 0 amide bonds. The SMILES string of the molecule is CCC1=C(C)C2=C(CCC[CH]2[Ti+3])C1CC.[Cl-].[Cl-].[Cl-]. The van der Waals surface area contributed by atoms with Crippen LogP contribution in [0.5, 0.6) is 0 Å². The van der Waals surface area contributed by atoms with E-state index < -0.39 is 0 Å². The smallest absolute Gasteiger partial charge is 1.00 e. The van der Waals surface area contributed by atoms with Gasteiger partial charge in [0.05, 0.1) is 0 Å². The number of hydrogen-bond donors (Lipinski definition) is 0. The summed E-state index contributed by atoms with van der Waals surface area (Å²) in [6, 6.07) is 0. The van der Waals surface area contributed by atoms with Gasteiger partial charge < -0.3 is 37.2 Å². The Morgan fingerprint density at radius 1 is 1.17 bits per heavy atom. The molecule has 2 unspecified atom stereocenters. The van der Waals surface area contributed by atoms with Gasteiger partial charge in [0.15, 0.2) is 0 Å². The van der Waals surface area contributed by atoms with E-state index in [4.69, 9.17) is 0 Å². The Bertz CT molecular complexity index is 334. The Morgan fingerprint density at radius 3 is 2.28 bits per heavy atom. The van der Waals surface area contributed by atoms with Crippen molar-refractivity contribution in [3.8, 4) is 0 Å². The van der Waals surface area contributed by atoms with Gasteiger partial charge in [0, 0.05) is 0 Å². The molecule has 0 spiro atoms. The first kappa shape index (κ1) is 21.4. The molecular weight excluding hydrogens is 322 g/mol. The van der Waals surface area contributed by atoms with Crippen molar-refractivity contribution < 1.29 is 57.7 Å². The normalized spacial score (nSPS) is 26.1. The molecule has 0 aromatic rings. The molecule has 0 N–H and O–H groups in total. The first-order valence-corrected chi connectivity index (χ1v) is 7.24. The molecule has 0 aliphatic heterocycles. The number of halogens is 3. The molecule has 0 fully saturated rings. The van der Waals surface area contributed by atoms with E-state index in [1.54, 1.807) is 16.7 Å². The fraction of sp³-hybridized carbons (Fsp3) is 0.714. The third-order valence-corrected chi connectivity index (χ3v) is 5.05. The van der Waals surface area contributed by atoms with Crippen molar-refractivity contribution in [3.63, 3.8) is 0 Å². The van der Waals surface area contributed by atoms with Crippen molar-refractivity contribution in [2.45, 2.75) is 57.1 Å². The summed E-state index contributed by atoms with van der Waals surface area (Å²) in [4.78, 5) is 0. The first-order chi connectivity index (χ1) is 7.20. The summed E-state index contributed by atoms with van der Waals surface area (Å²) in [5, 5.41) is 0. The quantitative estimate of drug-likeness (QED) is 0.444. The van der Waals surface area contributed by atoms with Gasteiger partial charge >= 0.3 is 106 Å². The molecule has 2 aliphatic rings. The summed E-state index contributed by atoms with van der Waals surface area (Å²) < 4.78 is 0.826. The molecule has 0 radical (unpaired) electrons. The van der Waals surface area contributed by atoms with E-state index >= 15 is 0 Å². The molecule has 102 valence electrons. The molecule has 2 rings (SSSR count). The van der Waals surface area contributed by atoms with Gasteiger partial charge in [0.25, 0.3) is 0 Å². The van der Waals surface area contributed by atoms with E-state index in [1.165, 1.54) is 32.1 Å². The van der Waals surface area contributed by atoms with Crippen LogP contribution in [0.2, 0.25) is 4.22 Å². The molecular formula is C14H21Cl3Ti. The summed E-state index contributed by atoms with van der Waals surface area (Å²) >= 11 is 2.42. The molecule has 0 heterocycles. The van der Waals surface area contributed by atoms with Crippen molar-refractivity contribution in [2.24, 2.45) is 5.92 Å². The van der Waals surface area contributed by atoms with Crippen LogP contribution in [0.4, 0.5) is 0 Å². The van der Waals surface area contributed by atoms with Gasteiger partial charge in [-0.15, -0.1) is 0 Å². The van der Waals surface area contributed by atoms with Crippen LogP contribution in [-0.2, 0) is 20.4 Å². The third kappa shape index (κ3) is 3.58. The Labute approximate surface area is 142 Å². The predicted molar refractivity (Wildman–Crippen MR) is 61.4 cm³/mol. The standard InChI is InChI=1S/C14H21.3ClH.Ti/c1-4-11-10(3)13-8-6-7-9-14(13)12(11)5-2;;;;/h8,12H,4-7,9H2,1-3H3;3*1H;/q;;;;+3/p-3. The Kier molecular flexibility index (Phi) is 10.8. The largest absolute Gasteiger partial charge is 1.00 e. The van der Waals surface area contributed by atoms with Crippen molar-refractivity contribution >= 4 is 0 Å². The zero-order valence-corrected chi connectivity index (χ0v) is 15.2. The summed E-state index contributed by atoms with van der Waals surface area (Å²) in [5.74, 6) is 0.813. The van der Waals surface area contributed by atoms with E-state index in [0.29, 0.717) is 0 Å². The second-order valence-corrected chi connectivity index (χ2v) is 5.94. The van der Waals surface area contributed by atoms with E-state index in [2.05, 4.69) is 41.2 Å². The van der Waals surface area contributed by atoms with Crippen LogP contribution in [-0.4, -0.2) is 0 Å². The maximum atomic E-state index is 2.42. The van der Waals surface area contributed by atoms with Gasteiger partial charge in [-0.1, -0.05) is 0 Å². The molecule has 0 saturated heterocycles. The van der Waals surface area contributed by atoms with Gasteiger partial charge in [-0.2, -0.15) is 0 Å². The van der Waals surface area contributed by atoms with Crippen molar-refractivity contribution in [1.29, 1.82) is 0 Å². The van der Waals surface area contributed by atoms with E-state index in [0.717, 1.165) is 10.1 Å². The zero-order chi connectivity index (χ0) is 11.0. The number of allylic oxidation sites excluding steroid dienone is 4. The molecule has 0 aromatic heterocycles. The number of rotatable bonds is 2. The van der Waals surface area contributed by atoms with Gasteiger partial charge in [-0.25, -0.2) is 0 Å². The Morgan fingerprint density at radius 2 is 1.78 bits per heavy atom. The van der Waals surface area contributed by atoms with Crippen LogP contribution in [0, 0.1) is 5.92 Å². The van der Waals surface area contributed by atoms with Crippen LogP contribution in [0.15, 0.2) is 22.3 Å². The topological polar surface area (TPSA) is 0 Å². The summed E-state index contributed by atoms with van der Waals surface area (Å²) in [6.45, 7) is 7.04. The average molecular weight is 344 g/mol. The van der Waals surface area contributed by atoms with E-state index in [1.807, 2.05) is 5.57 Å². The Hall–Kier alpha value is 1.06. The van der Waals surface area contributed by atoms with Crippen LogP contribution in [0.25, 0.3) is 0 Å². The maximum absolute atomic E-state index is 2.42. The number of hydrogen-bond acceptors (Lipinski definition) is 0. The second kappa shape index (κ2) is 9.08. The van der Waals surface area contributed by atoms with Gasteiger partial charge in [-0.05, 0) is 0 Å². The monoisotopic (exact) mass is 342 g/mol. The Balaban J connectivity index is 0. The van der Waals surface area contributed by atoms with E-state index in [9.17, 15) is 0 Å². The molecule has 0 saturated carbocycles. The summed E-state index contributed by atoms with van der Waals surface area (Å²) in [6.07, 6.45) is 6.76. The van der Waals surface area contributed by atoms with Gasteiger partial charge in [-0.3, -0.25) is 0 Å². The summed E-state index contributed by atoms with van der Waals surface area (Å²) in [7, 11) is 0. The molecule has 4 heteroatoms. The second-order valence-electron chi connectivity index (χ2n) is 4.85. The van der Waals surface area contributed by atoms with Crippen LogP contribution in [0.3, 0.4) is 0 Å². The average Bonchev–Trinajstić information content (AvgIpc) is 2.52. The van der Waals surface area contributed by atoms with Crippen molar-refractivity contribution in [3.05, 3.63) is 22.3 Å². The minimum Gasteiger partial charge on any atom is -1.00 e. The van der Waals surface area contributed by atoms with Crippen molar-refractivity contribution in [1.82, 2.24) is 0 Å². The minimum absolute atomic E-state index is 0. The fourth-order valence-electron chi connectivity index (χ4n) is 3.51. The minimum atomic E-state index is 0. The summed E-state index contributed by atoms with van der Waals surface area (Å²) in [5.41, 5.74) is 6.97. The van der Waals surface area contributed by atoms with E-state index in [-0.39, 0.29) is 37.2 Å². The zero-order valence-electron chi connectivity index (χ0n) is 11.3. The molecule has 0 aromatic carbocycles. The van der Waals surface area contributed by atoms with Crippen LogP contribution >= 0.6 is 0 Å². The predicted octanol–water partition coefficient (Wildman–Crippen LogP) is -4.42. The fourth-order valence-corrected chi connectivity index (χ4v) is 4.46. The van der Waals surface area contributed by atoms with Crippen LogP contribution in [0.1, 0.15) is 52.9 Å². The molecule has 18 heavy (non-hydrogen) atoms. The third-order valence-electron chi connectivity index (χ3n) is 4.15. The molecule has 2 atom stereocenters. The molecule has 0 bridgehead atoms. The van der Waals surface area contributed by atoms with Gasteiger partial charge in [0.1, 0.15) is 0 Å².